The fourth-order valence-corrected chi connectivity index (χ4v) is 5.34. The molecule has 10 heteroatoms. The summed E-state index contributed by atoms with van der Waals surface area (Å²) in [7, 11) is 0. The molecule has 43 heavy (non-hydrogen) atoms. The van der Waals surface area contributed by atoms with Crippen molar-refractivity contribution < 1.29 is 29.4 Å². The molecule has 5 N–H and O–H groups in total. The van der Waals surface area contributed by atoms with Gasteiger partial charge < -0.3 is 25.5 Å². The lowest BCUT2D eigenvalue weighted by molar-refractivity contribution is -0.138. The van der Waals surface area contributed by atoms with Gasteiger partial charge in [0.1, 0.15) is 0 Å². The summed E-state index contributed by atoms with van der Waals surface area (Å²) in [6, 6.07) is 0. The van der Waals surface area contributed by atoms with E-state index < -0.39 is 11.9 Å². The molecule has 0 fully saturated rings. The Labute approximate surface area is 248 Å². The summed E-state index contributed by atoms with van der Waals surface area (Å²) in [4.78, 5) is 58.3. The van der Waals surface area contributed by atoms with Crippen LogP contribution in [0.4, 0.5) is 0 Å². The number of aliphatic imine (C=N–C) groups is 1. The van der Waals surface area contributed by atoms with Gasteiger partial charge in [-0.3, -0.25) is 19.2 Å². The number of aromatic nitrogens is 2. The highest BCUT2D eigenvalue weighted by Crippen LogP contribution is 2.29. The second-order valence-corrected chi connectivity index (χ2v) is 10.5. The van der Waals surface area contributed by atoms with E-state index in [-0.39, 0.29) is 37.5 Å². The molecule has 0 atom stereocenters. The van der Waals surface area contributed by atoms with Crippen LogP contribution in [0.2, 0.25) is 0 Å². The van der Waals surface area contributed by atoms with Gasteiger partial charge in [-0.1, -0.05) is 25.3 Å². The normalized spacial score (nSPS) is 16.9. The maximum Gasteiger partial charge on any atom is 0.303 e. The van der Waals surface area contributed by atoms with E-state index in [2.05, 4.69) is 33.4 Å². The molecule has 10 nitrogen and oxygen atoms in total. The summed E-state index contributed by atoms with van der Waals surface area (Å²) in [6.45, 7) is 15.0. The Balaban J connectivity index is 1.85. The summed E-state index contributed by atoms with van der Waals surface area (Å²) >= 11 is 0. The number of amides is 2. The summed E-state index contributed by atoms with van der Waals surface area (Å²) in [5, 5.41) is 22.9. The van der Waals surface area contributed by atoms with Gasteiger partial charge in [0.2, 0.25) is 0 Å². The number of carbonyl (C=O) groups is 4. The first-order valence-electron chi connectivity index (χ1n) is 13.8. The summed E-state index contributed by atoms with van der Waals surface area (Å²) in [5.41, 5.74) is 8.02. The van der Waals surface area contributed by atoms with Crippen molar-refractivity contribution in [2.75, 3.05) is 0 Å². The van der Waals surface area contributed by atoms with Gasteiger partial charge in [-0.05, 0) is 86.6 Å². The van der Waals surface area contributed by atoms with Crippen LogP contribution in [0.25, 0.3) is 24.3 Å². The van der Waals surface area contributed by atoms with E-state index in [0.29, 0.717) is 33.8 Å². The van der Waals surface area contributed by atoms with Crippen LogP contribution in [0.15, 0.2) is 52.2 Å². The average Bonchev–Trinajstić information content (AvgIpc) is 3.59. The molecule has 0 saturated heterocycles. The van der Waals surface area contributed by atoms with Gasteiger partial charge in [0.25, 0.3) is 11.8 Å². The van der Waals surface area contributed by atoms with E-state index in [9.17, 15) is 29.4 Å². The number of nitrogens with one attached hydrogen (secondary N) is 3. The van der Waals surface area contributed by atoms with Gasteiger partial charge in [0.05, 0.1) is 5.71 Å². The predicted molar refractivity (Wildman–Crippen MR) is 165 cm³/mol. The maximum absolute atomic E-state index is 12.4. The highest BCUT2D eigenvalue weighted by atomic mass is 16.4. The first-order chi connectivity index (χ1) is 20.4. The van der Waals surface area contributed by atoms with Gasteiger partial charge >= 0.3 is 11.9 Å². The number of aromatic amines is 2. The first kappa shape index (κ1) is 30.7. The molecule has 2 aliphatic rings. The number of aliphatic carboxylic acids is 2. The van der Waals surface area contributed by atoms with Crippen LogP contribution in [-0.4, -0.2) is 49.6 Å². The quantitative estimate of drug-likeness (QED) is 0.273. The number of nitrogens with zero attached hydrogens (tertiary/aromatic N) is 1. The van der Waals surface area contributed by atoms with E-state index >= 15 is 0 Å². The fourth-order valence-electron chi connectivity index (χ4n) is 5.34. The number of allylic oxidation sites excluding steroid dienone is 2. The van der Waals surface area contributed by atoms with Crippen molar-refractivity contribution in [3.63, 3.8) is 0 Å². The van der Waals surface area contributed by atoms with Crippen molar-refractivity contribution in [3.8, 4) is 0 Å². The first-order valence-corrected chi connectivity index (χ1v) is 13.8. The molecule has 0 radical (unpaired) electrons. The molecule has 222 valence electrons. The number of hydrogen-bond acceptors (Lipinski definition) is 4. The Morgan fingerprint density at radius 2 is 1.49 bits per heavy atom. The fraction of sp³-hybridized carbons (Fsp3) is 0.242. The Bertz CT molecular complexity index is 1860. The highest BCUT2D eigenvalue weighted by Gasteiger charge is 2.25. The van der Waals surface area contributed by atoms with Crippen LogP contribution in [0.1, 0.15) is 66.8 Å². The van der Waals surface area contributed by atoms with Crippen molar-refractivity contribution in [2.45, 2.75) is 53.4 Å². The minimum Gasteiger partial charge on any atom is -0.481 e. The molecule has 0 aromatic carbocycles. The second kappa shape index (κ2) is 12.3. The van der Waals surface area contributed by atoms with Gasteiger partial charge in [-0.25, -0.2) is 4.99 Å². The molecule has 4 rings (SSSR count). The van der Waals surface area contributed by atoms with Crippen molar-refractivity contribution in [2.24, 2.45) is 4.99 Å². The van der Waals surface area contributed by atoms with Crippen molar-refractivity contribution in [1.82, 2.24) is 15.3 Å². The zero-order valence-corrected chi connectivity index (χ0v) is 24.6. The van der Waals surface area contributed by atoms with E-state index in [4.69, 9.17) is 0 Å². The number of H-pyrrole nitrogens is 2. The van der Waals surface area contributed by atoms with Gasteiger partial charge in [0, 0.05) is 57.3 Å². The third kappa shape index (κ3) is 6.18. The lowest BCUT2D eigenvalue weighted by Crippen LogP contribution is -2.15. The van der Waals surface area contributed by atoms with Gasteiger partial charge in [-0.2, -0.15) is 0 Å². The summed E-state index contributed by atoms with van der Waals surface area (Å²) in [6.07, 6.45) is 8.89. The van der Waals surface area contributed by atoms with Crippen LogP contribution in [0.5, 0.6) is 0 Å². The van der Waals surface area contributed by atoms with Crippen LogP contribution >= 0.6 is 0 Å². The van der Waals surface area contributed by atoms with Crippen LogP contribution in [0.3, 0.4) is 0 Å². The van der Waals surface area contributed by atoms with Crippen molar-refractivity contribution >= 4 is 53.8 Å². The number of carboxylic acid groups (broad SMARTS) is 2. The average molecular weight is 583 g/mol. The molecule has 2 aromatic rings. The topological polar surface area (TPSA) is 165 Å². The number of hydrogen-bond donors (Lipinski definition) is 5. The van der Waals surface area contributed by atoms with Crippen LogP contribution < -0.4 is 16.0 Å². The zero-order valence-electron chi connectivity index (χ0n) is 24.6. The molecule has 2 amide bonds. The minimum absolute atomic E-state index is 0.0942. The lowest BCUT2D eigenvalue weighted by atomic mass is 10.0. The SMILES string of the molecule is C=CC1=C(C)C(C=c2[nH]/c(=C\c3[nH]c(/C=C4\NC(=O)C(C)=C4CCC(=O)O)c(CCC(=O)O)c3C)c(C)c2C=C)=NC1=O. The van der Waals surface area contributed by atoms with Gasteiger partial charge in [0.15, 0.2) is 0 Å². The monoisotopic (exact) mass is 582 g/mol. The van der Waals surface area contributed by atoms with Crippen molar-refractivity contribution in [1.29, 1.82) is 0 Å². The molecule has 0 unspecified atom stereocenters. The molecule has 2 aromatic heterocycles. The Morgan fingerprint density at radius 1 is 0.814 bits per heavy atom. The van der Waals surface area contributed by atoms with E-state index in [1.807, 2.05) is 26.8 Å². The molecule has 0 bridgehead atoms. The van der Waals surface area contributed by atoms with Crippen LogP contribution in [-0.2, 0) is 25.6 Å². The van der Waals surface area contributed by atoms with E-state index in [1.54, 1.807) is 25.2 Å². The standard InChI is InChI=1S/C33H34N4O6/c1-7-20-16(3)24(34-27(20)14-26-17(4)21(8-2)33(43)36-26)13-25-18(5)22(9-11-30(38)39)28(35-25)15-29-23(10-12-31(40)41)19(6)32(42)37-29/h7-8,13-15,34-35H,1-2,9-12H2,3-6H3,(H,37,42)(H,38,39)(H,40,41)/b24-13-,27-14?,29-15-. The summed E-state index contributed by atoms with van der Waals surface area (Å²) in [5.74, 6) is -2.54. The highest BCUT2D eigenvalue weighted by molar-refractivity contribution is 6.31. The molecule has 0 spiro atoms. The number of carboxylic acids is 2. The largest absolute Gasteiger partial charge is 0.481 e. The minimum atomic E-state index is -0.968. The number of carbonyl (C=O) groups excluding carboxylic acids is 2. The lowest BCUT2D eigenvalue weighted by Gasteiger charge is -2.06. The van der Waals surface area contributed by atoms with Crippen LogP contribution in [0, 0.1) is 13.8 Å². The molecular formula is C33H34N4O6. The summed E-state index contributed by atoms with van der Waals surface area (Å²) < 4.78 is 0. The predicted octanol–water partition coefficient (Wildman–Crippen LogP) is 3.36. The van der Waals surface area contributed by atoms with Crippen molar-refractivity contribution in [3.05, 3.63) is 91.6 Å². The third-order valence-corrected chi connectivity index (χ3v) is 7.87. The van der Waals surface area contributed by atoms with Gasteiger partial charge in [-0.15, -0.1) is 0 Å². The maximum atomic E-state index is 12.4. The third-order valence-electron chi connectivity index (χ3n) is 7.87. The van der Waals surface area contributed by atoms with E-state index in [0.717, 1.165) is 44.2 Å². The molecule has 4 heterocycles. The Morgan fingerprint density at radius 3 is 2.09 bits per heavy atom. The zero-order chi connectivity index (χ0) is 31.6. The molecule has 0 saturated carbocycles. The smallest absolute Gasteiger partial charge is 0.303 e. The molecule has 0 aliphatic carbocycles. The Kier molecular flexibility index (Phi) is 8.80. The number of rotatable bonds is 11. The molecule has 2 aliphatic heterocycles. The Hall–Kier alpha value is -5.25. The molecular weight excluding hydrogens is 548 g/mol. The second-order valence-electron chi connectivity index (χ2n) is 10.5. The van der Waals surface area contributed by atoms with E-state index in [1.165, 1.54) is 6.08 Å².